The predicted molar refractivity (Wildman–Crippen MR) is 103 cm³/mol. The van der Waals surface area contributed by atoms with Crippen LogP contribution in [0.4, 0.5) is 0 Å². The standard InChI is InChI=1S/C21H23N5O/c27-21(16-5-6-16)23-10-19-13-25(12-18-9-22-14-26(18)19)11-17-8-7-15-3-1-2-4-20(15)24-17/h1-4,7-9,14,16,19H,5-6,10-13H2,(H,23,27). The number of nitrogens with zero attached hydrogens (tertiary/aromatic N) is 4. The van der Waals surface area contributed by atoms with Crippen LogP contribution in [0.1, 0.15) is 30.3 Å². The van der Waals surface area contributed by atoms with Crippen LogP contribution in [0.5, 0.6) is 0 Å². The van der Waals surface area contributed by atoms with Crippen molar-refractivity contribution >= 4 is 16.8 Å². The fourth-order valence-corrected chi connectivity index (χ4v) is 3.88. The number of imidazole rings is 1. The van der Waals surface area contributed by atoms with Gasteiger partial charge in [-0.25, -0.2) is 4.98 Å². The van der Waals surface area contributed by atoms with Gasteiger partial charge >= 0.3 is 0 Å². The van der Waals surface area contributed by atoms with Crippen LogP contribution in [0.2, 0.25) is 0 Å². The zero-order valence-electron chi connectivity index (χ0n) is 15.2. The summed E-state index contributed by atoms with van der Waals surface area (Å²) in [5.74, 6) is 0.443. The second-order valence-corrected chi connectivity index (χ2v) is 7.63. The van der Waals surface area contributed by atoms with Gasteiger partial charge in [-0.15, -0.1) is 0 Å². The Kier molecular flexibility index (Phi) is 4.13. The summed E-state index contributed by atoms with van der Waals surface area (Å²) in [6.07, 6.45) is 5.88. The number of benzene rings is 1. The van der Waals surface area contributed by atoms with E-state index in [4.69, 9.17) is 4.98 Å². The molecule has 1 unspecified atom stereocenters. The van der Waals surface area contributed by atoms with Crippen LogP contribution in [0.3, 0.4) is 0 Å². The Hall–Kier alpha value is -2.73. The number of amides is 1. The van der Waals surface area contributed by atoms with E-state index in [1.165, 1.54) is 11.1 Å². The van der Waals surface area contributed by atoms with Gasteiger partial charge in [0.25, 0.3) is 0 Å². The highest BCUT2D eigenvalue weighted by atomic mass is 16.2. The van der Waals surface area contributed by atoms with Gasteiger partial charge in [0, 0.05) is 43.7 Å². The third-order valence-corrected chi connectivity index (χ3v) is 5.50. The lowest BCUT2D eigenvalue weighted by Gasteiger charge is -2.34. The molecule has 138 valence electrons. The number of carbonyl (C=O) groups excluding carboxylic acids is 1. The van der Waals surface area contributed by atoms with E-state index in [1.807, 2.05) is 24.7 Å². The van der Waals surface area contributed by atoms with E-state index in [-0.39, 0.29) is 17.9 Å². The predicted octanol–water partition coefficient (Wildman–Crippen LogP) is 2.51. The molecule has 2 aliphatic rings. The molecule has 1 atom stereocenters. The molecule has 0 radical (unpaired) electrons. The summed E-state index contributed by atoms with van der Waals surface area (Å²) >= 11 is 0. The summed E-state index contributed by atoms with van der Waals surface area (Å²) in [5, 5.41) is 4.29. The van der Waals surface area contributed by atoms with Crippen molar-refractivity contribution in [3.63, 3.8) is 0 Å². The molecule has 27 heavy (non-hydrogen) atoms. The second-order valence-electron chi connectivity index (χ2n) is 7.63. The van der Waals surface area contributed by atoms with Crippen LogP contribution >= 0.6 is 0 Å². The molecule has 0 bridgehead atoms. The van der Waals surface area contributed by atoms with Gasteiger partial charge in [-0.2, -0.15) is 0 Å². The first kappa shape index (κ1) is 16.4. The van der Waals surface area contributed by atoms with Crippen molar-refractivity contribution in [3.05, 3.63) is 60.3 Å². The summed E-state index contributed by atoms with van der Waals surface area (Å²) < 4.78 is 2.21. The Morgan fingerprint density at radius 1 is 1.19 bits per heavy atom. The van der Waals surface area contributed by atoms with Crippen molar-refractivity contribution in [3.8, 4) is 0 Å². The molecule has 5 rings (SSSR count). The third-order valence-electron chi connectivity index (χ3n) is 5.50. The minimum atomic E-state index is 0.199. The highest BCUT2D eigenvalue weighted by Gasteiger charge is 2.31. The molecule has 6 heteroatoms. The average Bonchev–Trinajstić information content (AvgIpc) is 3.44. The lowest BCUT2D eigenvalue weighted by atomic mass is 10.1. The van der Waals surface area contributed by atoms with Crippen LogP contribution in [-0.2, 0) is 17.9 Å². The minimum Gasteiger partial charge on any atom is -0.354 e. The molecule has 0 spiro atoms. The first-order valence-electron chi connectivity index (χ1n) is 9.62. The van der Waals surface area contributed by atoms with Crippen LogP contribution in [0.25, 0.3) is 10.9 Å². The fourth-order valence-electron chi connectivity index (χ4n) is 3.88. The van der Waals surface area contributed by atoms with Crippen molar-refractivity contribution in [2.75, 3.05) is 13.1 Å². The normalized spacial score (nSPS) is 19.8. The maximum atomic E-state index is 12.0. The van der Waals surface area contributed by atoms with E-state index in [0.717, 1.165) is 43.7 Å². The molecule has 1 fully saturated rings. The van der Waals surface area contributed by atoms with Gasteiger partial charge in [-0.1, -0.05) is 24.3 Å². The van der Waals surface area contributed by atoms with Gasteiger partial charge in [-0.05, 0) is 25.0 Å². The Labute approximate surface area is 158 Å². The smallest absolute Gasteiger partial charge is 0.223 e. The largest absolute Gasteiger partial charge is 0.354 e. The maximum Gasteiger partial charge on any atom is 0.223 e. The summed E-state index contributed by atoms with van der Waals surface area (Å²) in [4.78, 5) is 23.6. The molecule has 0 saturated heterocycles. The van der Waals surface area contributed by atoms with Gasteiger partial charge in [0.15, 0.2) is 0 Å². The molecule has 1 aliphatic heterocycles. The minimum absolute atomic E-state index is 0.199. The van der Waals surface area contributed by atoms with E-state index in [9.17, 15) is 4.79 Å². The molecule has 3 aromatic rings. The second kappa shape index (κ2) is 6.78. The quantitative estimate of drug-likeness (QED) is 0.758. The first-order valence-corrected chi connectivity index (χ1v) is 9.62. The SMILES string of the molecule is O=C(NCC1CN(Cc2ccc3ccccc3n2)Cc2cncn21)C1CC1. The molecule has 1 N–H and O–H groups in total. The highest BCUT2D eigenvalue weighted by molar-refractivity contribution is 5.80. The fraction of sp³-hybridized carbons (Fsp3) is 0.381. The number of aromatic nitrogens is 3. The molecular formula is C21H23N5O. The number of carbonyl (C=O) groups is 1. The number of nitrogens with one attached hydrogen (secondary N) is 1. The van der Waals surface area contributed by atoms with Crippen molar-refractivity contribution in [2.45, 2.75) is 32.0 Å². The number of pyridine rings is 1. The van der Waals surface area contributed by atoms with E-state index in [0.29, 0.717) is 6.54 Å². The van der Waals surface area contributed by atoms with Crippen molar-refractivity contribution < 1.29 is 4.79 Å². The topological polar surface area (TPSA) is 63.1 Å². The molecular weight excluding hydrogens is 338 g/mol. The van der Waals surface area contributed by atoms with Crippen molar-refractivity contribution in [1.29, 1.82) is 0 Å². The van der Waals surface area contributed by atoms with Gasteiger partial charge in [-0.3, -0.25) is 14.7 Å². The zero-order chi connectivity index (χ0) is 18.2. The van der Waals surface area contributed by atoms with Crippen LogP contribution in [0.15, 0.2) is 48.9 Å². The van der Waals surface area contributed by atoms with Gasteiger partial charge in [0.05, 0.1) is 29.3 Å². The third kappa shape index (κ3) is 3.45. The molecule has 1 saturated carbocycles. The number of hydrogen-bond acceptors (Lipinski definition) is 4. The number of para-hydroxylation sites is 1. The van der Waals surface area contributed by atoms with E-state index >= 15 is 0 Å². The van der Waals surface area contributed by atoms with Crippen LogP contribution in [0, 0.1) is 5.92 Å². The Balaban J connectivity index is 1.31. The number of fused-ring (bicyclic) bond motifs is 2. The summed E-state index contributed by atoms with van der Waals surface area (Å²) in [5.41, 5.74) is 3.29. The van der Waals surface area contributed by atoms with E-state index in [2.05, 4.69) is 44.0 Å². The molecule has 1 amide bonds. The van der Waals surface area contributed by atoms with Gasteiger partial charge < -0.3 is 9.88 Å². The molecule has 3 heterocycles. The van der Waals surface area contributed by atoms with E-state index < -0.39 is 0 Å². The summed E-state index contributed by atoms with van der Waals surface area (Å²) in [7, 11) is 0. The number of rotatable bonds is 5. The summed E-state index contributed by atoms with van der Waals surface area (Å²) in [6.45, 7) is 3.17. The van der Waals surface area contributed by atoms with E-state index in [1.54, 1.807) is 0 Å². The Morgan fingerprint density at radius 2 is 2.07 bits per heavy atom. The highest BCUT2D eigenvalue weighted by Crippen LogP contribution is 2.29. The van der Waals surface area contributed by atoms with Crippen LogP contribution in [-0.4, -0.2) is 38.4 Å². The van der Waals surface area contributed by atoms with Crippen LogP contribution < -0.4 is 5.32 Å². The molecule has 1 aromatic carbocycles. The maximum absolute atomic E-state index is 12.0. The molecule has 6 nitrogen and oxygen atoms in total. The molecule has 1 aliphatic carbocycles. The Bertz CT molecular complexity index is 977. The zero-order valence-corrected chi connectivity index (χ0v) is 15.2. The molecule has 2 aromatic heterocycles. The number of hydrogen-bond donors (Lipinski definition) is 1. The van der Waals surface area contributed by atoms with Gasteiger partial charge in [0.1, 0.15) is 0 Å². The average molecular weight is 361 g/mol. The summed E-state index contributed by atoms with van der Waals surface area (Å²) in [6, 6.07) is 12.7. The van der Waals surface area contributed by atoms with Gasteiger partial charge in [0.2, 0.25) is 5.91 Å². The lowest BCUT2D eigenvalue weighted by Crippen LogP contribution is -2.42. The Morgan fingerprint density at radius 3 is 2.96 bits per heavy atom. The monoisotopic (exact) mass is 361 g/mol. The lowest BCUT2D eigenvalue weighted by molar-refractivity contribution is -0.122. The first-order chi connectivity index (χ1) is 13.3. The van der Waals surface area contributed by atoms with Crippen molar-refractivity contribution in [1.82, 2.24) is 24.8 Å². The van der Waals surface area contributed by atoms with Crippen molar-refractivity contribution in [2.24, 2.45) is 5.92 Å².